The molecule has 4 aromatic rings. The molecule has 3 N–H and O–H groups in total. The maximum atomic E-state index is 12.7. The summed E-state index contributed by atoms with van der Waals surface area (Å²) in [4.78, 5) is 41.5. The molecule has 67 heavy (non-hydrogen) atoms. The van der Waals surface area contributed by atoms with Gasteiger partial charge in [-0.05, 0) is 79.8 Å². The molecular formula is C50H66N4O13. The highest BCUT2D eigenvalue weighted by molar-refractivity contribution is 5.94. The first-order chi connectivity index (χ1) is 32.6. The lowest BCUT2D eigenvalue weighted by Gasteiger charge is -2.19. The average Bonchev–Trinajstić information content (AvgIpc) is 3.62. The van der Waals surface area contributed by atoms with Crippen molar-refractivity contribution in [3.05, 3.63) is 113 Å². The third-order valence-corrected chi connectivity index (χ3v) is 9.77. The molecule has 3 amide bonds. The van der Waals surface area contributed by atoms with Gasteiger partial charge in [-0.3, -0.25) is 4.79 Å². The summed E-state index contributed by atoms with van der Waals surface area (Å²) in [5.74, 6) is 0.545. The monoisotopic (exact) mass is 930 g/mol. The molecule has 0 unspecified atom stereocenters. The summed E-state index contributed by atoms with van der Waals surface area (Å²) < 4.78 is 55.6. The van der Waals surface area contributed by atoms with Crippen molar-refractivity contribution in [2.75, 3.05) is 112 Å². The van der Waals surface area contributed by atoms with Gasteiger partial charge in [0.15, 0.2) is 0 Å². The zero-order valence-corrected chi connectivity index (χ0v) is 39.1. The molecule has 3 aromatic carbocycles. The van der Waals surface area contributed by atoms with Crippen LogP contribution in [0.4, 0.5) is 9.59 Å². The van der Waals surface area contributed by atoms with E-state index in [4.69, 9.17) is 47.4 Å². The Morgan fingerprint density at radius 2 is 1.07 bits per heavy atom. The Morgan fingerprint density at radius 1 is 0.567 bits per heavy atom. The van der Waals surface area contributed by atoms with E-state index < -0.39 is 17.8 Å². The van der Waals surface area contributed by atoms with Gasteiger partial charge in [0, 0.05) is 42.9 Å². The van der Waals surface area contributed by atoms with Gasteiger partial charge in [0.25, 0.3) is 5.91 Å². The number of amides is 3. The Kier molecular flexibility index (Phi) is 22.8. The van der Waals surface area contributed by atoms with Crippen molar-refractivity contribution in [3.8, 4) is 22.8 Å². The van der Waals surface area contributed by atoms with Gasteiger partial charge in [-0.2, -0.15) is 0 Å². The third kappa shape index (κ3) is 20.0. The van der Waals surface area contributed by atoms with Crippen LogP contribution in [0.25, 0.3) is 11.1 Å². The largest absolute Gasteiger partial charge is 0.449 e. The van der Waals surface area contributed by atoms with E-state index in [-0.39, 0.29) is 25.0 Å². The summed E-state index contributed by atoms with van der Waals surface area (Å²) >= 11 is 0. The number of nitrogens with one attached hydrogen (secondary N) is 3. The van der Waals surface area contributed by atoms with Crippen molar-refractivity contribution < 1.29 is 61.8 Å². The Hall–Kier alpha value is -5.66. The number of benzene rings is 3. The van der Waals surface area contributed by atoms with E-state index >= 15 is 0 Å². The lowest BCUT2D eigenvalue weighted by atomic mass is 9.98. The Balaban J connectivity index is 0.752. The van der Waals surface area contributed by atoms with Gasteiger partial charge >= 0.3 is 12.2 Å². The molecule has 0 fully saturated rings. The van der Waals surface area contributed by atoms with E-state index in [2.05, 4.69) is 45.2 Å². The second-order valence-corrected chi connectivity index (χ2v) is 16.2. The zero-order chi connectivity index (χ0) is 47.5. The molecule has 0 radical (unpaired) electrons. The van der Waals surface area contributed by atoms with Crippen LogP contribution in [-0.2, 0) is 49.2 Å². The van der Waals surface area contributed by atoms with E-state index in [0.717, 1.165) is 5.56 Å². The van der Waals surface area contributed by atoms with Crippen molar-refractivity contribution in [1.82, 2.24) is 20.9 Å². The number of carbonyl (C=O) groups excluding carboxylic acids is 3. The minimum Gasteiger partial charge on any atom is -0.449 e. The molecule has 364 valence electrons. The molecule has 1 aliphatic carbocycles. The molecule has 0 aliphatic heterocycles. The minimum absolute atomic E-state index is 0.0239. The second-order valence-electron chi connectivity index (χ2n) is 16.2. The van der Waals surface area contributed by atoms with E-state index in [1.165, 1.54) is 22.3 Å². The van der Waals surface area contributed by atoms with Gasteiger partial charge in [-0.25, -0.2) is 14.6 Å². The molecule has 0 saturated carbocycles. The Bertz CT molecular complexity index is 2070. The van der Waals surface area contributed by atoms with Crippen LogP contribution in [0.1, 0.15) is 59.4 Å². The third-order valence-electron chi connectivity index (χ3n) is 9.77. The fourth-order valence-electron chi connectivity index (χ4n) is 6.81. The lowest BCUT2D eigenvalue weighted by molar-refractivity contribution is -0.0202. The van der Waals surface area contributed by atoms with E-state index in [1.807, 2.05) is 37.3 Å². The number of pyridine rings is 1. The first kappa shape index (κ1) is 52.3. The average molecular weight is 931 g/mol. The van der Waals surface area contributed by atoms with E-state index in [0.29, 0.717) is 128 Å². The highest BCUT2D eigenvalue weighted by atomic mass is 16.6. The van der Waals surface area contributed by atoms with Gasteiger partial charge in [0.1, 0.15) is 18.0 Å². The van der Waals surface area contributed by atoms with Crippen LogP contribution in [0.5, 0.6) is 11.6 Å². The Morgan fingerprint density at radius 3 is 1.61 bits per heavy atom. The number of hydrogen-bond acceptors (Lipinski definition) is 14. The van der Waals surface area contributed by atoms with Crippen LogP contribution in [0.15, 0.2) is 84.9 Å². The highest BCUT2D eigenvalue weighted by Crippen LogP contribution is 2.44. The molecule has 1 aromatic heterocycles. The number of fused-ring (bicyclic) bond motifs is 3. The number of ether oxygens (including phenoxy) is 10. The summed E-state index contributed by atoms with van der Waals surface area (Å²) in [6.07, 6.45) is -0.978. The summed E-state index contributed by atoms with van der Waals surface area (Å²) in [6, 6.07) is 26.8. The van der Waals surface area contributed by atoms with E-state index in [9.17, 15) is 14.4 Å². The molecule has 0 spiro atoms. The van der Waals surface area contributed by atoms with Gasteiger partial charge in [-0.1, -0.05) is 54.6 Å². The van der Waals surface area contributed by atoms with Crippen LogP contribution >= 0.6 is 0 Å². The molecule has 17 heteroatoms. The molecule has 5 rings (SSSR count). The van der Waals surface area contributed by atoms with Gasteiger partial charge in [0.2, 0.25) is 5.88 Å². The number of rotatable bonds is 31. The van der Waals surface area contributed by atoms with Crippen LogP contribution in [0.2, 0.25) is 0 Å². The lowest BCUT2D eigenvalue weighted by Crippen LogP contribution is -2.32. The number of alkyl carbamates (subject to hydrolysis) is 2. The van der Waals surface area contributed by atoms with Gasteiger partial charge in [-0.15, -0.1) is 0 Å². The first-order valence-electron chi connectivity index (χ1n) is 22.7. The van der Waals surface area contributed by atoms with Crippen LogP contribution in [0, 0.1) is 6.92 Å². The second kappa shape index (κ2) is 29.2. The zero-order valence-electron chi connectivity index (χ0n) is 39.1. The molecule has 1 aliphatic rings. The topological polar surface area (TPSA) is 192 Å². The first-order valence-corrected chi connectivity index (χ1v) is 22.7. The molecule has 0 atom stereocenters. The number of aryl methyl sites for hydroxylation is 1. The van der Waals surface area contributed by atoms with Crippen molar-refractivity contribution in [2.45, 2.75) is 45.8 Å². The number of hydrogen-bond donors (Lipinski definition) is 3. The van der Waals surface area contributed by atoms with Crippen molar-refractivity contribution in [2.24, 2.45) is 0 Å². The van der Waals surface area contributed by atoms with Gasteiger partial charge in [0.05, 0.1) is 92.5 Å². The molecule has 17 nitrogen and oxygen atoms in total. The quantitative estimate of drug-likeness (QED) is 0.0458. The highest BCUT2D eigenvalue weighted by Gasteiger charge is 2.29. The fourth-order valence-corrected chi connectivity index (χ4v) is 6.81. The Labute approximate surface area is 393 Å². The summed E-state index contributed by atoms with van der Waals surface area (Å²) in [5, 5.41) is 8.31. The molecule has 0 bridgehead atoms. The van der Waals surface area contributed by atoms with Crippen molar-refractivity contribution >= 4 is 18.1 Å². The van der Waals surface area contributed by atoms with Crippen LogP contribution in [0.3, 0.4) is 0 Å². The molecular weight excluding hydrogens is 865 g/mol. The van der Waals surface area contributed by atoms with E-state index in [1.54, 1.807) is 51.1 Å². The normalized spacial score (nSPS) is 12.0. The number of carbonyl (C=O) groups is 3. The maximum Gasteiger partial charge on any atom is 0.407 e. The molecule has 0 saturated heterocycles. The predicted octanol–water partition coefficient (Wildman–Crippen LogP) is 6.59. The van der Waals surface area contributed by atoms with Crippen molar-refractivity contribution in [3.63, 3.8) is 0 Å². The van der Waals surface area contributed by atoms with Crippen LogP contribution < -0.4 is 20.7 Å². The maximum absolute atomic E-state index is 12.7. The van der Waals surface area contributed by atoms with Gasteiger partial charge < -0.3 is 63.3 Å². The predicted molar refractivity (Wildman–Crippen MR) is 250 cm³/mol. The summed E-state index contributed by atoms with van der Waals surface area (Å²) in [7, 11) is 0. The number of aromatic nitrogens is 1. The molecule has 1 heterocycles. The standard InChI is InChI=1S/C50H66N4O13/c1-37-32-38(35-53-49(57)67-50(2,3)4)33-46(54-37)66-40-11-9-10-39(34-40)47(55)51-16-18-58-20-22-60-24-26-62-28-30-64-31-29-63-27-25-61-23-21-59-19-17-52-48(56)65-36-45-43-14-7-5-12-41(43)42-13-6-8-15-44(42)45/h5-15,32-34,45H,16-31,35-36H2,1-4H3,(H,51,55)(H,52,56)(H,53,57). The smallest absolute Gasteiger partial charge is 0.407 e. The SMILES string of the molecule is Cc1cc(CNC(=O)OC(C)(C)C)cc(Oc2cccc(C(=O)NCCOCCOCCOCCOCCOCCOCCOCCNC(=O)OCC3c4ccccc4-c4ccccc43)c2)n1. The minimum atomic E-state index is -0.595. The number of nitrogens with zero attached hydrogens (tertiary/aromatic N) is 1. The van der Waals surface area contributed by atoms with Crippen LogP contribution in [-0.4, -0.2) is 141 Å². The summed E-state index contributed by atoms with van der Waals surface area (Å²) in [6.45, 7) is 14.2. The van der Waals surface area contributed by atoms with Crippen molar-refractivity contribution in [1.29, 1.82) is 0 Å². The fraction of sp³-hybridized carbons (Fsp3) is 0.480. The summed E-state index contributed by atoms with van der Waals surface area (Å²) in [5.41, 5.74) is 6.07.